The van der Waals surface area contributed by atoms with Crippen molar-refractivity contribution in [3.63, 3.8) is 0 Å². The number of aryl methyl sites for hydroxylation is 1. The van der Waals surface area contributed by atoms with E-state index in [1.165, 1.54) is 24.0 Å². The average molecular weight is 411 g/mol. The van der Waals surface area contributed by atoms with Crippen molar-refractivity contribution >= 4 is 39.6 Å². The smallest absolute Gasteiger partial charge is 0.341 e. The molecule has 1 heterocycles. The Kier molecular flexibility index (Phi) is 6.79. The number of hydrogen-bond donors (Lipinski definition) is 2. The van der Waals surface area contributed by atoms with Crippen LogP contribution in [0, 0.1) is 6.92 Å². The van der Waals surface area contributed by atoms with E-state index in [0.717, 1.165) is 22.4 Å². The molecule has 28 heavy (non-hydrogen) atoms. The number of anilines is 1. The van der Waals surface area contributed by atoms with Gasteiger partial charge in [0.05, 0.1) is 7.11 Å². The minimum Gasteiger partial charge on any atom is -0.465 e. The third-order valence-electron chi connectivity index (χ3n) is 4.31. The van der Waals surface area contributed by atoms with Crippen molar-refractivity contribution in [3.8, 4) is 11.1 Å². The standard InChI is InChI=1S/C22H22N2O2S2/c1-15-18(17-11-7-4-8-12-17)19(21(25)26-2)20(28-15)24-22(27)23-14-13-16-9-5-3-6-10-16/h3-12H,13-14H2,1-2H3,(H2,23,24,27). The van der Waals surface area contributed by atoms with Gasteiger partial charge in [-0.05, 0) is 36.7 Å². The molecule has 0 radical (unpaired) electrons. The molecule has 0 atom stereocenters. The fraction of sp³-hybridized carbons (Fsp3) is 0.182. The number of rotatable bonds is 6. The minimum atomic E-state index is -0.377. The first kappa shape index (κ1) is 20.0. The van der Waals surface area contributed by atoms with Crippen molar-refractivity contribution in [2.75, 3.05) is 19.0 Å². The van der Waals surface area contributed by atoms with Gasteiger partial charge >= 0.3 is 5.97 Å². The number of nitrogens with one attached hydrogen (secondary N) is 2. The maximum absolute atomic E-state index is 12.5. The fourth-order valence-corrected chi connectivity index (χ4v) is 4.33. The third-order valence-corrected chi connectivity index (χ3v) is 5.57. The Balaban J connectivity index is 1.76. The summed E-state index contributed by atoms with van der Waals surface area (Å²) in [5.74, 6) is -0.377. The van der Waals surface area contributed by atoms with Crippen molar-refractivity contribution in [2.45, 2.75) is 13.3 Å². The molecule has 0 fully saturated rings. The molecular weight excluding hydrogens is 388 g/mol. The first-order chi connectivity index (χ1) is 13.6. The number of thiophene rings is 1. The topological polar surface area (TPSA) is 50.4 Å². The molecule has 0 amide bonds. The third kappa shape index (κ3) is 4.77. The van der Waals surface area contributed by atoms with Crippen molar-refractivity contribution < 1.29 is 9.53 Å². The first-order valence-corrected chi connectivity index (χ1v) is 10.2. The average Bonchev–Trinajstić information content (AvgIpc) is 3.04. The van der Waals surface area contributed by atoms with E-state index in [1.807, 2.05) is 55.5 Å². The van der Waals surface area contributed by atoms with Crippen LogP contribution < -0.4 is 10.6 Å². The largest absolute Gasteiger partial charge is 0.465 e. The van der Waals surface area contributed by atoms with Gasteiger partial charge in [-0.15, -0.1) is 11.3 Å². The van der Waals surface area contributed by atoms with E-state index in [4.69, 9.17) is 17.0 Å². The highest BCUT2D eigenvalue weighted by atomic mass is 32.1. The number of carbonyl (C=O) groups is 1. The number of esters is 1. The highest BCUT2D eigenvalue weighted by Gasteiger charge is 2.24. The predicted molar refractivity (Wildman–Crippen MR) is 120 cm³/mol. The van der Waals surface area contributed by atoms with Crippen LogP contribution in [0.2, 0.25) is 0 Å². The van der Waals surface area contributed by atoms with E-state index < -0.39 is 0 Å². The van der Waals surface area contributed by atoms with Crippen LogP contribution in [0.3, 0.4) is 0 Å². The molecule has 0 spiro atoms. The summed E-state index contributed by atoms with van der Waals surface area (Å²) in [4.78, 5) is 13.5. The molecule has 144 valence electrons. The van der Waals surface area contributed by atoms with Crippen molar-refractivity contribution in [3.05, 3.63) is 76.7 Å². The van der Waals surface area contributed by atoms with E-state index in [0.29, 0.717) is 22.2 Å². The number of carbonyl (C=O) groups excluding carboxylic acids is 1. The summed E-state index contributed by atoms with van der Waals surface area (Å²) in [6, 6.07) is 20.1. The van der Waals surface area contributed by atoms with Crippen LogP contribution in [0.5, 0.6) is 0 Å². The van der Waals surface area contributed by atoms with E-state index in [9.17, 15) is 4.79 Å². The zero-order valence-electron chi connectivity index (χ0n) is 15.8. The second-order valence-electron chi connectivity index (χ2n) is 6.21. The molecule has 1 aromatic heterocycles. The maximum Gasteiger partial charge on any atom is 0.341 e. The number of hydrogen-bond acceptors (Lipinski definition) is 4. The summed E-state index contributed by atoms with van der Waals surface area (Å²) in [6.07, 6.45) is 0.866. The molecule has 0 aliphatic heterocycles. The SMILES string of the molecule is COC(=O)c1c(NC(=S)NCCc2ccccc2)sc(C)c1-c1ccccc1. The van der Waals surface area contributed by atoms with Crippen molar-refractivity contribution in [1.29, 1.82) is 0 Å². The Hall–Kier alpha value is -2.70. The zero-order valence-corrected chi connectivity index (χ0v) is 17.5. The molecule has 0 saturated carbocycles. The van der Waals surface area contributed by atoms with Gasteiger partial charge < -0.3 is 15.4 Å². The number of benzene rings is 2. The summed E-state index contributed by atoms with van der Waals surface area (Å²) < 4.78 is 5.04. The van der Waals surface area contributed by atoms with Gasteiger partial charge in [-0.2, -0.15) is 0 Å². The van der Waals surface area contributed by atoms with Gasteiger partial charge in [0.1, 0.15) is 10.6 Å². The van der Waals surface area contributed by atoms with Crippen LogP contribution in [0.15, 0.2) is 60.7 Å². The summed E-state index contributed by atoms with van der Waals surface area (Å²) in [5, 5.41) is 7.57. The quantitative estimate of drug-likeness (QED) is 0.440. The van der Waals surface area contributed by atoms with E-state index in [-0.39, 0.29) is 5.97 Å². The number of methoxy groups -OCH3 is 1. The second kappa shape index (κ2) is 9.48. The molecule has 2 N–H and O–H groups in total. The monoisotopic (exact) mass is 410 g/mol. The molecule has 3 aromatic rings. The molecule has 0 aliphatic carbocycles. The number of thiocarbonyl (C=S) groups is 1. The fourth-order valence-electron chi connectivity index (χ4n) is 2.99. The lowest BCUT2D eigenvalue weighted by molar-refractivity contribution is 0.0603. The first-order valence-electron chi connectivity index (χ1n) is 8.96. The van der Waals surface area contributed by atoms with Crippen LogP contribution in [0.25, 0.3) is 11.1 Å². The molecule has 0 aliphatic rings. The highest BCUT2D eigenvalue weighted by Crippen LogP contribution is 2.40. The van der Waals surface area contributed by atoms with Gasteiger partial charge in [-0.3, -0.25) is 0 Å². The maximum atomic E-state index is 12.5. The highest BCUT2D eigenvalue weighted by molar-refractivity contribution is 7.80. The van der Waals surface area contributed by atoms with Gasteiger partial charge in [0.2, 0.25) is 0 Å². The Bertz CT molecular complexity index is 953. The zero-order chi connectivity index (χ0) is 19.9. The Labute approximate surface area is 174 Å². The molecule has 0 saturated heterocycles. The Morgan fingerprint density at radius 3 is 2.36 bits per heavy atom. The van der Waals surface area contributed by atoms with Crippen LogP contribution in [-0.4, -0.2) is 24.7 Å². The predicted octanol–water partition coefficient (Wildman–Crippen LogP) is 5.04. The van der Waals surface area contributed by atoms with Crippen LogP contribution in [0.1, 0.15) is 20.8 Å². The van der Waals surface area contributed by atoms with E-state index >= 15 is 0 Å². The van der Waals surface area contributed by atoms with Gasteiger partial charge in [0.25, 0.3) is 0 Å². The van der Waals surface area contributed by atoms with E-state index in [2.05, 4.69) is 22.8 Å². The molecule has 4 nitrogen and oxygen atoms in total. The van der Waals surface area contributed by atoms with Crippen LogP contribution in [0.4, 0.5) is 5.00 Å². The van der Waals surface area contributed by atoms with Crippen molar-refractivity contribution in [2.24, 2.45) is 0 Å². The molecule has 0 bridgehead atoms. The Morgan fingerprint density at radius 2 is 1.71 bits per heavy atom. The lowest BCUT2D eigenvalue weighted by Crippen LogP contribution is -2.30. The lowest BCUT2D eigenvalue weighted by Gasteiger charge is -2.11. The molecule has 2 aromatic carbocycles. The minimum absolute atomic E-state index is 0.377. The summed E-state index contributed by atoms with van der Waals surface area (Å²) in [5.41, 5.74) is 3.62. The van der Waals surface area contributed by atoms with Crippen LogP contribution >= 0.6 is 23.6 Å². The van der Waals surface area contributed by atoms with Gasteiger partial charge in [-0.1, -0.05) is 60.7 Å². The Morgan fingerprint density at radius 1 is 1.07 bits per heavy atom. The van der Waals surface area contributed by atoms with E-state index in [1.54, 1.807) is 0 Å². The van der Waals surface area contributed by atoms with Gasteiger partial charge in [-0.25, -0.2) is 4.79 Å². The molecule has 3 rings (SSSR count). The van der Waals surface area contributed by atoms with Gasteiger partial charge in [0.15, 0.2) is 5.11 Å². The summed E-state index contributed by atoms with van der Waals surface area (Å²) in [6.45, 7) is 2.70. The normalized spacial score (nSPS) is 10.4. The van der Waals surface area contributed by atoms with Gasteiger partial charge in [0, 0.05) is 17.0 Å². The second-order valence-corrected chi connectivity index (χ2v) is 7.84. The lowest BCUT2D eigenvalue weighted by atomic mass is 10.0. The molecule has 6 heteroatoms. The summed E-state index contributed by atoms with van der Waals surface area (Å²) >= 11 is 6.93. The number of ether oxygens (including phenoxy) is 1. The van der Waals surface area contributed by atoms with Crippen LogP contribution in [-0.2, 0) is 11.2 Å². The molecular formula is C22H22N2O2S2. The summed E-state index contributed by atoms with van der Waals surface area (Å²) in [7, 11) is 1.39. The molecule has 0 unspecified atom stereocenters. The van der Waals surface area contributed by atoms with Crippen molar-refractivity contribution in [1.82, 2.24) is 5.32 Å².